The number of anilines is 1. The smallest absolute Gasteiger partial charge is 0.0637 e. The fourth-order valence-corrected chi connectivity index (χ4v) is 2.43. The Morgan fingerprint density at radius 3 is 2.59 bits per heavy atom. The molecule has 0 amide bonds. The van der Waals surface area contributed by atoms with E-state index in [9.17, 15) is 0 Å². The normalized spacial score (nSPS) is 20.3. The molecule has 3 nitrogen and oxygen atoms in total. The molecule has 94 valence electrons. The number of hydrogen-bond donors (Lipinski definition) is 2. The molecule has 1 unspecified atom stereocenters. The second-order valence-corrected chi connectivity index (χ2v) is 4.88. The molecule has 1 heterocycles. The van der Waals surface area contributed by atoms with Crippen LogP contribution < -0.4 is 10.6 Å². The Balaban J connectivity index is 1.98. The third-order valence-corrected chi connectivity index (χ3v) is 3.20. The number of nitrogens with one attached hydrogen (secondary N) is 2. The van der Waals surface area contributed by atoms with Crippen LogP contribution in [0.2, 0.25) is 0 Å². The van der Waals surface area contributed by atoms with Crippen LogP contribution in [0.1, 0.15) is 16.7 Å². The van der Waals surface area contributed by atoms with Crippen molar-refractivity contribution >= 4 is 5.69 Å². The lowest BCUT2D eigenvalue weighted by Gasteiger charge is -2.25. The van der Waals surface area contributed by atoms with Gasteiger partial charge in [-0.3, -0.25) is 0 Å². The van der Waals surface area contributed by atoms with E-state index >= 15 is 0 Å². The number of aryl methyl sites for hydroxylation is 3. The number of morpholine rings is 1. The Hall–Kier alpha value is -1.06. The lowest BCUT2D eigenvalue weighted by Crippen LogP contribution is -2.45. The summed E-state index contributed by atoms with van der Waals surface area (Å²) in [5.74, 6) is 0. The van der Waals surface area contributed by atoms with Gasteiger partial charge in [-0.05, 0) is 31.9 Å². The minimum absolute atomic E-state index is 0.420. The van der Waals surface area contributed by atoms with Crippen LogP contribution >= 0.6 is 0 Å². The Morgan fingerprint density at radius 1 is 1.29 bits per heavy atom. The first-order valence-electron chi connectivity index (χ1n) is 6.29. The van der Waals surface area contributed by atoms with E-state index in [1.54, 1.807) is 0 Å². The van der Waals surface area contributed by atoms with Crippen molar-refractivity contribution in [3.8, 4) is 0 Å². The van der Waals surface area contributed by atoms with Crippen LogP contribution in [0.4, 0.5) is 5.69 Å². The molecule has 1 saturated heterocycles. The quantitative estimate of drug-likeness (QED) is 0.839. The number of benzene rings is 1. The van der Waals surface area contributed by atoms with Gasteiger partial charge in [0.05, 0.1) is 13.2 Å². The summed E-state index contributed by atoms with van der Waals surface area (Å²) in [6, 6.07) is 4.86. The summed E-state index contributed by atoms with van der Waals surface area (Å²) in [7, 11) is 0. The van der Waals surface area contributed by atoms with Gasteiger partial charge in [0.2, 0.25) is 0 Å². The maximum Gasteiger partial charge on any atom is 0.0637 e. The van der Waals surface area contributed by atoms with Gasteiger partial charge in [0, 0.05) is 24.8 Å². The first-order valence-corrected chi connectivity index (χ1v) is 6.29. The molecule has 2 N–H and O–H groups in total. The van der Waals surface area contributed by atoms with Gasteiger partial charge < -0.3 is 15.4 Å². The van der Waals surface area contributed by atoms with Crippen LogP contribution in [-0.4, -0.2) is 32.3 Å². The largest absolute Gasteiger partial charge is 0.383 e. The van der Waals surface area contributed by atoms with Gasteiger partial charge in [-0.15, -0.1) is 0 Å². The Labute approximate surface area is 104 Å². The van der Waals surface area contributed by atoms with E-state index in [2.05, 4.69) is 43.5 Å². The third-order valence-electron chi connectivity index (χ3n) is 3.20. The number of hydrogen-bond acceptors (Lipinski definition) is 3. The molecule has 1 fully saturated rings. The van der Waals surface area contributed by atoms with Gasteiger partial charge in [-0.25, -0.2) is 0 Å². The summed E-state index contributed by atoms with van der Waals surface area (Å²) in [5, 5.41) is 6.99. The highest BCUT2D eigenvalue weighted by molar-refractivity contribution is 5.58. The van der Waals surface area contributed by atoms with Crippen LogP contribution in [0, 0.1) is 20.8 Å². The summed E-state index contributed by atoms with van der Waals surface area (Å²) in [6.45, 7) is 9.97. The maximum absolute atomic E-state index is 5.45. The monoisotopic (exact) mass is 234 g/mol. The molecule has 0 radical (unpaired) electrons. The van der Waals surface area contributed by atoms with Gasteiger partial charge in [-0.1, -0.05) is 17.7 Å². The molecule has 0 bridgehead atoms. The molecule has 1 aliphatic heterocycles. The summed E-state index contributed by atoms with van der Waals surface area (Å²) >= 11 is 0. The molecule has 0 saturated carbocycles. The van der Waals surface area contributed by atoms with Crippen LogP contribution in [-0.2, 0) is 4.74 Å². The molecular weight excluding hydrogens is 212 g/mol. The molecule has 0 aromatic heterocycles. The maximum atomic E-state index is 5.45. The Morgan fingerprint density at radius 2 is 2.00 bits per heavy atom. The van der Waals surface area contributed by atoms with E-state index in [1.165, 1.54) is 22.4 Å². The highest BCUT2D eigenvalue weighted by Crippen LogP contribution is 2.21. The van der Waals surface area contributed by atoms with E-state index in [1.807, 2.05) is 0 Å². The van der Waals surface area contributed by atoms with Crippen LogP contribution in [0.25, 0.3) is 0 Å². The summed E-state index contributed by atoms with van der Waals surface area (Å²) < 4.78 is 5.45. The lowest BCUT2D eigenvalue weighted by atomic mass is 10.0. The molecule has 17 heavy (non-hydrogen) atoms. The van der Waals surface area contributed by atoms with Crippen molar-refractivity contribution in [3.05, 3.63) is 28.8 Å². The van der Waals surface area contributed by atoms with Gasteiger partial charge in [0.15, 0.2) is 0 Å². The first-order chi connectivity index (χ1) is 8.16. The molecule has 2 rings (SSSR count). The van der Waals surface area contributed by atoms with E-state index < -0.39 is 0 Å². The second kappa shape index (κ2) is 5.52. The van der Waals surface area contributed by atoms with Gasteiger partial charge in [-0.2, -0.15) is 0 Å². The standard InChI is InChI=1S/C14H22N2O/c1-10-6-11(2)14(12(3)7-10)16-8-13-9-17-5-4-15-13/h6-7,13,15-16H,4-5,8-9H2,1-3H3. The number of ether oxygens (including phenoxy) is 1. The van der Waals surface area contributed by atoms with Crippen LogP contribution in [0.5, 0.6) is 0 Å². The lowest BCUT2D eigenvalue weighted by molar-refractivity contribution is 0.0806. The second-order valence-electron chi connectivity index (χ2n) is 4.88. The first kappa shape index (κ1) is 12.4. The van der Waals surface area contributed by atoms with Crippen molar-refractivity contribution in [3.63, 3.8) is 0 Å². The van der Waals surface area contributed by atoms with Gasteiger partial charge in [0.25, 0.3) is 0 Å². The molecule has 3 heteroatoms. The summed E-state index contributed by atoms with van der Waals surface area (Å²) in [5.41, 5.74) is 5.23. The SMILES string of the molecule is Cc1cc(C)c(NCC2COCCN2)c(C)c1. The molecule has 0 aliphatic carbocycles. The van der Waals surface area contributed by atoms with E-state index in [0.717, 1.165) is 26.3 Å². The zero-order valence-electron chi connectivity index (χ0n) is 11.0. The summed E-state index contributed by atoms with van der Waals surface area (Å²) in [6.07, 6.45) is 0. The van der Waals surface area contributed by atoms with Crippen LogP contribution in [0.3, 0.4) is 0 Å². The van der Waals surface area contributed by atoms with E-state index in [-0.39, 0.29) is 0 Å². The third kappa shape index (κ3) is 3.20. The number of rotatable bonds is 3. The predicted octanol–water partition coefficient (Wildman–Crippen LogP) is 2.01. The zero-order chi connectivity index (χ0) is 12.3. The van der Waals surface area contributed by atoms with Crippen molar-refractivity contribution in [2.45, 2.75) is 26.8 Å². The Kier molecular flexibility index (Phi) is 4.02. The molecular formula is C14H22N2O. The fraction of sp³-hybridized carbons (Fsp3) is 0.571. The minimum Gasteiger partial charge on any atom is -0.383 e. The minimum atomic E-state index is 0.420. The molecule has 1 aromatic carbocycles. The van der Waals surface area contributed by atoms with Crippen molar-refractivity contribution in [1.29, 1.82) is 0 Å². The highest BCUT2D eigenvalue weighted by Gasteiger charge is 2.13. The molecule has 0 spiro atoms. The van der Waals surface area contributed by atoms with Gasteiger partial charge >= 0.3 is 0 Å². The summed E-state index contributed by atoms with van der Waals surface area (Å²) in [4.78, 5) is 0. The van der Waals surface area contributed by atoms with Crippen LogP contribution in [0.15, 0.2) is 12.1 Å². The van der Waals surface area contributed by atoms with Crippen molar-refractivity contribution in [2.24, 2.45) is 0 Å². The molecule has 1 aliphatic rings. The van der Waals surface area contributed by atoms with E-state index in [4.69, 9.17) is 4.74 Å². The van der Waals surface area contributed by atoms with Crippen molar-refractivity contribution in [1.82, 2.24) is 5.32 Å². The predicted molar refractivity (Wildman–Crippen MR) is 71.8 cm³/mol. The average molecular weight is 234 g/mol. The molecule has 1 aromatic rings. The topological polar surface area (TPSA) is 33.3 Å². The highest BCUT2D eigenvalue weighted by atomic mass is 16.5. The van der Waals surface area contributed by atoms with Gasteiger partial charge in [0.1, 0.15) is 0 Å². The van der Waals surface area contributed by atoms with Crippen molar-refractivity contribution < 1.29 is 4.74 Å². The Bertz CT molecular complexity index is 361. The molecule has 1 atom stereocenters. The van der Waals surface area contributed by atoms with E-state index in [0.29, 0.717) is 6.04 Å². The average Bonchev–Trinajstić information content (AvgIpc) is 2.29. The fourth-order valence-electron chi connectivity index (χ4n) is 2.43. The zero-order valence-corrected chi connectivity index (χ0v) is 11.0. The van der Waals surface area contributed by atoms with Crippen molar-refractivity contribution in [2.75, 3.05) is 31.6 Å².